The molecular formula is C17H22Cl2N4O. The molecule has 0 saturated carbocycles. The zero-order valence-corrected chi connectivity index (χ0v) is 15.2. The molecule has 1 aromatic carbocycles. The molecule has 24 heavy (non-hydrogen) atoms. The molecule has 130 valence electrons. The van der Waals surface area contributed by atoms with Gasteiger partial charge in [0.05, 0.1) is 6.04 Å². The summed E-state index contributed by atoms with van der Waals surface area (Å²) in [6.07, 6.45) is 4.14. The van der Waals surface area contributed by atoms with Crippen molar-refractivity contribution < 1.29 is 4.79 Å². The van der Waals surface area contributed by atoms with Crippen LogP contribution in [0.4, 0.5) is 0 Å². The van der Waals surface area contributed by atoms with Crippen molar-refractivity contribution in [3.63, 3.8) is 0 Å². The highest BCUT2D eigenvalue weighted by atomic mass is 35.5. The third-order valence-corrected chi connectivity index (χ3v) is 4.36. The number of benzene rings is 1. The van der Waals surface area contributed by atoms with Crippen molar-refractivity contribution in [1.29, 1.82) is 0 Å². The highest BCUT2D eigenvalue weighted by molar-refractivity contribution is 6.30. The summed E-state index contributed by atoms with van der Waals surface area (Å²) < 4.78 is 1.91. The number of hydrogen-bond acceptors (Lipinski definition) is 3. The summed E-state index contributed by atoms with van der Waals surface area (Å²) in [5.41, 5.74) is 1.49. The average Bonchev–Trinajstić information content (AvgIpc) is 3.05. The van der Waals surface area contributed by atoms with Crippen molar-refractivity contribution in [3.8, 4) is 0 Å². The summed E-state index contributed by atoms with van der Waals surface area (Å²) in [7, 11) is 1.78. The highest BCUT2D eigenvalue weighted by Crippen LogP contribution is 2.17. The Balaban J connectivity index is 0.00000208. The van der Waals surface area contributed by atoms with E-state index in [1.165, 1.54) is 0 Å². The Morgan fingerprint density at radius 3 is 3.00 bits per heavy atom. The van der Waals surface area contributed by atoms with Crippen LogP contribution in [-0.4, -0.2) is 40.7 Å². The minimum Gasteiger partial charge on any atom is -0.336 e. The van der Waals surface area contributed by atoms with Gasteiger partial charge in [-0.2, -0.15) is 5.10 Å². The van der Waals surface area contributed by atoms with Gasteiger partial charge in [0.15, 0.2) is 0 Å². The van der Waals surface area contributed by atoms with Crippen LogP contribution in [-0.2, 0) is 6.54 Å². The number of hydrogen-bond donors (Lipinski definition) is 1. The predicted octanol–water partition coefficient (Wildman–Crippen LogP) is 3.16. The molecule has 1 amide bonds. The minimum absolute atomic E-state index is 0. The Morgan fingerprint density at radius 1 is 1.46 bits per heavy atom. The van der Waals surface area contributed by atoms with Gasteiger partial charge in [-0.25, -0.2) is 0 Å². The molecule has 0 bridgehead atoms. The first-order valence-electron chi connectivity index (χ1n) is 7.89. The lowest BCUT2D eigenvalue weighted by Gasteiger charge is -2.23. The first kappa shape index (κ1) is 18.8. The Hall–Kier alpha value is -1.56. The second-order valence-corrected chi connectivity index (χ2v) is 6.41. The van der Waals surface area contributed by atoms with Gasteiger partial charge in [0.1, 0.15) is 5.69 Å². The number of nitrogens with zero attached hydrogens (tertiary/aromatic N) is 3. The van der Waals surface area contributed by atoms with Crippen LogP contribution in [0, 0.1) is 0 Å². The molecule has 1 fully saturated rings. The van der Waals surface area contributed by atoms with Crippen LogP contribution >= 0.6 is 24.0 Å². The van der Waals surface area contributed by atoms with Crippen molar-refractivity contribution in [2.75, 3.05) is 20.1 Å². The Labute approximate surface area is 153 Å². The van der Waals surface area contributed by atoms with Crippen LogP contribution in [0.5, 0.6) is 0 Å². The van der Waals surface area contributed by atoms with Gasteiger partial charge in [-0.1, -0.05) is 23.7 Å². The lowest BCUT2D eigenvalue weighted by atomic mass is 10.1. The summed E-state index contributed by atoms with van der Waals surface area (Å²) >= 11 is 5.99. The molecule has 0 aliphatic carbocycles. The maximum atomic E-state index is 12.5. The first-order valence-corrected chi connectivity index (χ1v) is 8.27. The molecule has 5 nitrogen and oxygen atoms in total. The van der Waals surface area contributed by atoms with E-state index in [1.54, 1.807) is 18.0 Å². The van der Waals surface area contributed by atoms with E-state index in [1.807, 2.05) is 35.1 Å². The standard InChI is InChI=1S/C17H21ClN4O.ClH/c1-21(12-13-4-2-5-14(18)10-13)17(23)16-7-9-22(20-16)15-6-3-8-19-11-15;/h2,4-5,7,9-10,15,19H,3,6,8,11-12H2,1H3;1H. The number of amides is 1. The van der Waals surface area contributed by atoms with Crippen molar-refractivity contribution in [2.45, 2.75) is 25.4 Å². The van der Waals surface area contributed by atoms with Gasteiger partial charge in [-0.05, 0) is 43.1 Å². The summed E-state index contributed by atoms with van der Waals surface area (Å²) in [6.45, 7) is 2.48. The highest BCUT2D eigenvalue weighted by Gasteiger charge is 2.19. The van der Waals surface area contributed by atoms with E-state index in [0.29, 0.717) is 23.3 Å². The molecule has 1 aliphatic heterocycles. The van der Waals surface area contributed by atoms with Gasteiger partial charge in [0.25, 0.3) is 5.91 Å². The van der Waals surface area contributed by atoms with Crippen molar-refractivity contribution in [1.82, 2.24) is 20.0 Å². The molecule has 1 unspecified atom stereocenters. The van der Waals surface area contributed by atoms with Crippen LogP contribution in [0.25, 0.3) is 0 Å². The molecule has 7 heteroatoms. The summed E-state index contributed by atoms with van der Waals surface area (Å²) in [6, 6.07) is 9.68. The maximum Gasteiger partial charge on any atom is 0.274 e. The minimum atomic E-state index is -0.0764. The third-order valence-electron chi connectivity index (χ3n) is 4.13. The summed E-state index contributed by atoms with van der Waals surface area (Å²) in [5, 5.41) is 8.52. The fraction of sp³-hybridized carbons (Fsp3) is 0.412. The Bertz CT molecular complexity index is 683. The van der Waals surface area contributed by atoms with E-state index in [2.05, 4.69) is 10.4 Å². The van der Waals surface area contributed by atoms with Crippen LogP contribution in [0.1, 0.15) is 34.9 Å². The van der Waals surface area contributed by atoms with Gasteiger partial charge < -0.3 is 10.2 Å². The van der Waals surface area contributed by atoms with Crippen LogP contribution < -0.4 is 5.32 Å². The first-order chi connectivity index (χ1) is 11.1. The summed E-state index contributed by atoms with van der Waals surface area (Å²) in [4.78, 5) is 14.2. The smallest absolute Gasteiger partial charge is 0.274 e. The zero-order chi connectivity index (χ0) is 16.2. The van der Waals surface area contributed by atoms with Gasteiger partial charge in [-0.15, -0.1) is 12.4 Å². The van der Waals surface area contributed by atoms with E-state index in [-0.39, 0.29) is 18.3 Å². The maximum absolute atomic E-state index is 12.5. The van der Waals surface area contributed by atoms with E-state index in [9.17, 15) is 4.79 Å². The topological polar surface area (TPSA) is 50.2 Å². The quantitative estimate of drug-likeness (QED) is 0.901. The second kappa shape index (κ2) is 8.51. The van der Waals surface area contributed by atoms with E-state index in [4.69, 9.17) is 11.6 Å². The monoisotopic (exact) mass is 368 g/mol. The molecule has 2 aromatic rings. The molecular weight excluding hydrogens is 347 g/mol. The molecule has 3 rings (SSSR count). The molecule has 1 aromatic heterocycles. The number of aromatic nitrogens is 2. The number of carbonyl (C=O) groups excluding carboxylic acids is 1. The van der Waals surface area contributed by atoms with Crippen LogP contribution in [0.15, 0.2) is 36.5 Å². The third kappa shape index (κ3) is 4.50. The molecule has 1 atom stereocenters. The second-order valence-electron chi connectivity index (χ2n) is 5.97. The fourth-order valence-electron chi connectivity index (χ4n) is 2.89. The van der Waals surface area contributed by atoms with E-state index >= 15 is 0 Å². The number of halogens is 2. The molecule has 1 saturated heterocycles. The van der Waals surface area contributed by atoms with E-state index in [0.717, 1.165) is 31.5 Å². The molecule has 0 radical (unpaired) electrons. The Kier molecular flexibility index (Phi) is 6.66. The molecule has 2 heterocycles. The van der Waals surface area contributed by atoms with Crippen LogP contribution in [0.2, 0.25) is 5.02 Å². The van der Waals surface area contributed by atoms with E-state index < -0.39 is 0 Å². The SMILES string of the molecule is CN(Cc1cccc(Cl)c1)C(=O)c1ccn(C2CCCNC2)n1.Cl. The normalized spacial score (nSPS) is 17.2. The van der Waals surface area contributed by atoms with Crippen LogP contribution in [0.3, 0.4) is 0 Å². The number of nitrogens with one attached hydrogen (secondary N) is 1. The predicted molar refractivity (Wildman–Crippen MR) is 97.9 cm³/mol. The molecule has 1 N–H and O–H groups in total. The van der Waals surface area contributed by atoms with Crippen molar-refractivity contribution in [3.05, 3.63) is 52.8 Å². The molecule has 1 aliphatic rings. The van der Waals surface area contributed by atoms with Crippen molar-refractivity contribution >= 4 is 29.9 Å². The van der Waals surface area contributed by atoms with Gasteiger partial charge >= 0.3 is 0 Å². The fourth-order valence-corrected chi connectivity index (χ4v) is 3.10. The number of carbonyl (C=O) groups is 1. The zero-order valence-electron chi connectivity index (χ0n) is 13.6. The van der Waals surface area contributed by atoms with Gasteiger partial charge in [0, 0.05) is 31.4 Å². The number of piperidine rings is 1. The summed E-state index contributed by atoms with van der Waals surface area (Å²) in [5.74, 6) is -0.0764. The van der Waals surface area contributed by atoms with Gasteiger partial charge in [0.2, 0.25) is 0 Å². The average molecular weight is 369 g/mol. The largest absolute Gasteiger partial charge is 0.336 e. The number of rotatable bonds is 4. The lowest BCUT2D eigenvalue weighted by Crippen LogP contribution is -2.32. The Morgan fingerprint density at radius 2 is 2.29 bits per heavy atom. The van der Waals surface area contributed by atoms with Gasteiger partial charge in [-0.3, -0.25) is 9.48 Å². The lowest BCUT2D eigenvalue weighted by molar-refractivity contribution is 0.0778. The van der Waals surface area contributed by atoms with Crippen molar-refractivity contribution in [2.24, 2.45) is 0 Å². The molecule has 0 spiro atoms.